The Bertz CT molecular complexity index is 3620. The van der Waals surface area contributed by atoms with Gasteiger partial charge in [-0.15, -0.1) is 5.11 Å². The normalized spacial score (nSPS) is 12.6. The number of amidine groups is 1. The smallest absolute Gasteiger partial charge is 0.219 e. The summed E-state index contributed by atoms with van der Waals surface area (Å²) in [6.45, 7) is 13.2. The molecule has 0 amide bonds. The molecular formula is C49H44N20. The van der Waals surface area contributed by atoms with Gasteiger partial charge in [0.2, 0.25) is 11.9 Å². The summed E-state index contributed by atoms with van der Waals surface area (Å²) in [5, 5.41) is 26.4. The summed E-state index contributed by atoms with van der Waals surface area (Å²) < 4.78 is 7.84. The number of hydrogen-bond donors (Lipinski definition) is 2. The van der Waals surface area contributed by atoms with Gasteiger partial charge in [-0.2, -0.15) is 20.6 Å². The van der Waals surface area contributed by atoms with Gasteiger partial charge in [0.25, 0.3) is 0 Å². The zero-order chi connectivity index (χ0) is 48.0. The van der Waals surface area contributed by atoms with Gasteiger partial charge in [-0.25, -0.2) is 54.2 Å². The average molecular weight is 913 g/mol. The van der Waals surface area contributed by atoms with Crippen LogP contribution in [0.15, 0.2) is 138 Å². The SMILES string of the molecule is CC(C)(C)n1c(-c2cc(C#N)ccc2-n2cncn2)nc2cc(-c3cnc(N)nc3)ccc21.CC(C)(C)n1c(-c2cc(C3=NCN=N3)ccc2-n2cncn2)nc2cc(-c3cnc(N)nc3)ccc21. The zero-order valence-corrected chi connectivity index (χ0v) is 38.5. The fourth-order valence-corrected chi connectivity index (χ4v) is 8.29. The van der Waals surface area contributed by atoms with E-state index >= 15 is 0 Å². The van der Waals surface area contributed by atoms with E-state index in [1.54, 1.807) is 52.9 Å². The van der Waals surface area contributed by atoms with E-state index in [0.717, 1.165) is 84.0 Å². The Morgan fingerprint density at radius 1 is 0.565 bits per heavy atom. The van der Waals surface area contributed by atoms with Gasteiger partial charge >= 0.3 is 0 Å². The number of aromatic nitrogens is 14. The van der Waals surface area contributed by atoms with Crippen LogP contribution in [0.3, 0.4) is 0 Å². The molecule has 11 rings (SSSR count). The van der Waals surface area contributed by atoms with Crippen molar-refractivity contribution in [3.8, 4) is 62.5 Å². The molecule has 0 unspecified atom stereocenters. The van der Waals surface area contributed by atoms with Crippen molar-refractivity contribution in [3.63, 3.8) is 0 Å². The third-order valence-corrected chi connectivity index (χ3v) is 11.3. The molecule has 0 atom stereocenters. The van der Waals surface area contributed by atoms with Crippen LogP contribution in [0.5, 0.6) is 0 Å². The number of nitrogen functional groups attached to an aromatic ring is 2. The molecule has 0 saturated heterocycles. The monoisotopic (exact) mass is 912 g/mol. The van der Waals surface area contributed by atoms with Crippen molar-refractivity contribution in [1.29, 1.82) is 5.26 Å². The predicted octanol–water partition coefficient (Wildman–Crippen LogP) is 8.20. The first-order chi connectivity index (χ1) is 33.2. The van der Waals surface area contributed by atoms with Crippen LogP contribution >= 0.6 is 0 Å². The Morgan fingerprint density at radius 3 is 1.48 bits per heavy atom. The lowest BCUT2D eigenvalue weighted by Crippen LogP contribution is -2.23. The molecule has 1 aliphatic rings. The number of imidazole rings is 2. The Labute approximate surface area is 394 Å². The molecule has 7 heterocycles. The van der Waals surface area contributed by atoms with Crippen LogP contribution in [-0.4, -0.2) is 81.1 Å². The van der Waals surface area contributed by atoms with Crippen LogP contribution in [0.25, 0.3) is 78.5 Å². The lowest BCUT2D eigenvalue weighted by atomic mass is 10.0. The second-order valence-corrected chi connectivity index (χ2v) is 18.1. The molecule has 69 heavy (non-hydrogen) atoms. The van der Waals surface area contributed by atoms with E-state index in [0.29, 0.717) is 18.1 Å². The minimum Gasteiger partial charge on any atom is -0.368 e. The van der Waals surface area contributed by atoms with E-state index in [9.17, 15) is 5.26 Å². The van der Waals surface area contributed by atoms with Crippen molar-refractivity contribution < 1.29 is 0 Å². The van der Waals surface area contributed by atoms with E-state index < -0.39 is 0 Å². The largest absolute Gasteiger partial charge is 0.368 e. The van der Waals surface area contributed by atoms with Crippen LogP contribution < -0.4 is 11.5 Å². The molecule has 4 aromatic carbocycles. The number of fused-ring (bicyclic) bond motifs is 2. The molecule has 20 nitrogen and oxygen atoms in total. The van der Waals surface area contributed by atoms with E-state index in [1.165, 1.54) is 12.7 Å². The van der Waals surface area contributed by atoms with Crippen LogP contribution in [0.4, 0.5) is 11.9 Å². The number of nitrogens with two attached hydrogens (primary N) is 2. The molecule has 0 spiro atoms. The van der Waals surface area contributed by atoms with Gasteiger partial charge in [-0.1, -0.05) is 12.1 Å². The number of azo groups is 1. The number of nitrogens with zero attached hydrogens (tertiary/aromatic N) is 18. The summed E-state index contributed by atoms with van der Waals surface area (Å²) in [7, 11) is 0. The van der Waals surface area contributed by atoms with Gasteiger partial charge < -0.3 is 20.6 Å². The van der Waals surface area contributed by atoms with Crippen molar-refractivity contribution in [2.45, 2.75) is 52.6 Å². The maximum absolute atomic E-state index is 9.55. The van der Waals surface area contributed by atoms with Crippen LogP contribution in [0, 0.1) is 11.3 Å². The number of aliphatic imine (C=N–C) groups is 1. The Balaban J connectivity index is 0.000000161. The van der Waals surface area contributed by atoms with Crippen molar-refractivity contribution in [2.75, 3.05) is 18.1 Å². The Kier molecular flexibility index (Phi) is 10.8. The van der Waals surface area contributed by atoms with Crippen LogP contribution in [-0.2, 0) is 11.1 Å². The van der Waals surface area contributed by atoms with Gasteiger partial charge in [0.05, 0.1) is 45.1 Å². The summed E-state index contributed by atoms with van der Waals surface area (Å²) >= 11 is 0. The Morgan fingerprint density at radius 2 is 1.04 bits per heavy atom. The fourth-order valence-electron chi connectivity index (χ4n) is 8.29. The topological polar surface area (TPSA) is 262 Å². The minimum absolute atomic E-state index is 0.233. The second kappa shape index (κ2) is 17.1. The lowest BCUT2D eigenvalue weighted by molar-refractivity contribution is 0.412. The summed E-state index contributed by atoms with van der Waals surface area (Å²) in [5.74, 6) is 2.62. The molecule has 0 bridgehead atoms. The first-order valence-corrected chi connectivity index (χ1v) is 21.8. The van der Waals surface area contributed by atoms with Gasteiger partial charge in [-0.05, 0) is 113 Å². The molecule has 10 aromatic rings. The molecule has 6 aromatic heterocycles. The fraction of sp³-hybridized carbons (Fsp3) is 0.184. The third-order valence-electron chi connectivity index (χ3n) is 11.3. The molecule has 20 heteroatoms. The summed E-state index contributed by atoms with van der Waals surface area (Å²) in [4.78, 5) is 39.2. The highest BCUT2D eigenvalue weighted by Gasteiger charge is 2.27. The maximum Gasteiger partial charge on any atom is 0.219 e. The number of benzene rings is 4. The summed E-state index contributed by atoms with van der Waals surface area (Å²) in [5.41, 5.74) is 22.8. The molecule has 0 radical (unpaired) electrons. The van der Waals surface area contributed by atoms with Gasteiger partial charge in [0, 0.05) is 63.7 Å². The van der Waals surface area contributed by atoms with Crippen molar-refractivity contribution in [2.24, 2.45) is 15.2 Å². The highest BCUT2D eigenvalue weighted by molar-refractivity contribution is 6.01. The van der Waals surface area contributed by atoms with Gasteiger partial charge in [-0.3, -0.25) is 0 Å². The van der Waals surface area contributed by atoms with Crippen LogP contribution in [0.2, 0.25) is 0 Å². The Hall–Kier alpha value is -9.38. The highest BCUT2D eigenvalue weighted by Crippen LogP contribution is 2.38. The van der Waals surface area contributed by atoms with E-state index in [2.05, 4.69) is 118 Å². The third kappa shape index (κ3) is 8.39. The average Bonchev–Trinajstić information content (AvgIpc) is 4.21. The van der Waals surface area contributed by atoms with Crippen molar-refractivity contribution in [3.05, 3.63) is 134 Å². The molecule has 4 N–H and O–H groups in total. The highest BCUT2D eigenvalue weighted by atomic mass is 15.3. The summed E-state index contributed by atoms with van der Waals surface area (Å²) in [6.07, 6.45) is 13.1. The maximum atomic E-state index is 9.55. The molecular weight excluding hydrogens is 869 g/mol. The van der Waals surface area contributed by atoms with Crippen molar-refractivity contribution >= 4 is 39.8 Å². The number of hydrogen-bond acceptors (Lipinski definition) is 16. The molecule has 0 saturated carbocycles. The number of anilines is 2. The van der Waals surface area contributed by atoms with Gasteiger partial charge in [0.15, 0.2) is 12.5 Å². The number of rotatable bonds is 7. The molecule has 0 fully saturated rings. The standard InChI is InChI=1S/C25H23N11.C24H21N9/c1-25(2,3)36-21-7-4-15(17-10-28-24(26)29-11-17)9-19(21)33-23(36)18-8-16(22-30-13-31-34-22)5-6-20(18)35-14-27-12-32-35;1-24(2,3)33-21-7-5-16(17-11-28-23(26)29-12-17)9-19(21)31-22(33)18-8-15(10-25)4-6-20(18)32-14-27-13-30-32/h4-12,14H,13H2,1-3H3,(H2,26,28,29);4-9,11-14H,1-3H3,(H2,26,28,29). The molecule has 340 valence electrons. The lowest BCUT2D eigenvalue weighted by Gasteiger charge is -2.25. The molecule has 0 aliphatic carbocycles. The summed E-state index contributed by atoms with van der Waals surface area (Å²) in [6, 6.07) is 26.0. The quantitative estimate of drug-likeness (QED) is 0.153. The zero-order valence-electron chi connectivity index (χ0n) is 38.5. The molecule has 1 aliphatic heterocycles. The first kappa shape index (κ1) is 43.5. The first-order valence-electron chi connectivity index (χ1n) is 21.8. The van der Waals surface area contributed by atoms with E-state index in [4.69, 9.17) is 21.4 Å². The van der Waals surface area contributed by atoms with E-state index in [-0.39, 0.29) is 23.0 Å². The van der Waals surface area contributed by atoms with Crippen molar-refractivity contribution in [1.82, 2.24) is 68.6 Å². The van der Waals surface area contributed by atoms with Gasteiger partial charge in [0.1, 0.15) is 37.0 Å². The predicted molar refractivity (Wildman–Crippen MR) is 262 cm³/mol. The van der Waals surface area contributed by atoms with Crippen LogP contribution in [0.1, 0.15) is 52.7 Å². The second-order valence-electron chi connectivity index (χ2n) is 18.1. The minimum atomic E-state index is -0.280. The number of nitriles is 1. The van der Waals surface area contributed by atoms with E-state index in [1.807, 2.05) is 60.7 Å².